The fraction of sp³-hybridized carbons (Fsp3) is 0.350. The molecule has 0 saturated carbocycles. The highest BCUT2D eigenvalue weighted by Gasteiger charge is 2.06. The zero-order valence-corrected chi connectivity index (χ0v) is 15.3. The minimum atomic E-state index is -0.0407. The Morgan fingerprint density at radius 1 is 1.00 bits per heavy atom. The third-order valence-electron chi connectivity index (χ3n) is 3.99. The molecule has 2 rings (SSSR count). The summed E-state index contributed by atoms with van der Waals surface area (Å²) in [6.07, 6.45) is 0.803. The average Bonchev–Trinajstić information content (AvgIpc) is 2.61. The number of anilines is 1. The molecular formula is C20H26N2O3. The topological polar surface area (TPSA) is 59.6 Å². The lowest BCUT2D eigenvalue weighted by Crippen LogP contribution is -2.29. The summed E-state index contributed by atoms with van der Waals surface area (Å²) in [5.74, 6) is 1.39. The third kappa shape index (κ3) is 5.50. The monoisotopic (exact) mass is 342 g/mol. The lowest BCUT2D eigenvalue weighted by atomic mass is 10.1. The number of ether oxygens (including phenoxy) is 2. The van der Waals surface area contributed by atoms with Crippen molar-refractivity contribution in [2.24, 2.45) is 0 Å². The van der Waals surface area contributed by atoms with Gasteiger partial charge in [0.2, 0.25) is 5.91 Å². The van der Waals surface area contributed by atoms with Crippen LogP contribution in [0.5, 0.6) is 11.5 Å². The van der Waals surface area contributed by atoms with Crippen molar-refractivity contribution in [1.29, 1.82) is 0 Å². The minimum absolute atomic E-state index is 0.0407. The Morgan fingerprint density at radius 2 is 1.76 bits per heavy atom. The Hall–Kier alpha value is -2.53. The predicted octanol–water partition coefficient (Wildman–Crippen LogP) is 3.09. The van der Waals surface area contributed by atoms with Crippen molar-refractivity contribution >= 4 is 11.6 Å². The molecule has 25 heavy (non-hydrogen) atoms. The summed E-state index contributed by atoms with van der Waals surface area (Å²) in [4.78, 5) is 12.1. The SMILES string of the molecule is COc1ccc(CCNCC(=O)Nc2cc(C)ccc2C)cc1OC. The van der Waals surface area contributed by atoms with Crippen molar-refractivity contribution in [2.45, 2.75) is 20.3 Å². The second-order valence-electron chi connectivity index (χ2n) is 5.98. The van der Waals surface area contributed by atoms with Gasteiger partial charge in [0.05, 0.1) is 20.8 Å². The first-order valence-electron chi connectivity index (χ1n) is 8.32. The van der Waals surface area contributed by atoms with Crippen molar-refractivity contribution in [3.8, 4) is 11.5 Å². The van der Waals surface area contributed by atoms with Gasteiger partial charge in [-0.2, -0.15) is 0 Å². The Labute approximate surface area is 149 Å². The van der Waals surface area contributed by atoms with Crippen LogP contribution in [0.1, 0.15) is 16.7 Å². The van der Waals surface area contributed by atoms with E-state index in [0.717, 1.165) is 28.8 Å². The van der Waals surface area contributed by atoms with Crippen molar-refractivity contribution in [2.75, 3.05) is 32.6 Å². The number of carbonyl (C=O) groups is 1. The van der Waals surface area contributed by atoms with E-state index < -0.39 is 0 Å². The summed E-state index contributed by atoms with van der Waals surface area (Å²) < 4.78 is 10.5. The van der Waals surface area contributed by atoms with Gasteiger partial charge in [-0.15, -0.1) is 0 Å². The lowest BCUT2D eigenvalue weighted by molar-refractivity contribution is -0.115. The van der Waals surface area contributed by atoms with Gasteiger partial charge in [-0.05, 0) is 61.7 Å². The molecule has 0 atom stereocenters. The number of rotatable bonds is 8. The van der Waals surface area contributed by atoms with E-state index >= 15 is 0 Å². The molecule has 0 radical (unpaired) electrons. The molecule has 1 amide bonds. The van der Waals surface area contributed by atoms with Crippen LogP contribution in [-0.4, -0.2) is 33.2 Å². The molecule has 0 aliphatic rings. The summed E-state index contributed by atoms with van der Waals surface area (Å²) in [7, 11) is 3.24. The number of aryl methyl sites for hydroxylation is 2. The van der Waals surface area contributed by atoms with Crippen molar-refractivity contribution in [3.05, 3.63) is 53.1 Å². The standard InChI is InChI=1S/C20H26N2O3/c1-14-5-6-15(2)17(11-14)22-20(23)13-21-10-9-16-7-8-18(24-3)19(12-16)25-4/h5-8,11-12,21H,9-10,13H2,1-4H3,(H,22,23). The summed E-state index contributed by atoms with van der Waals surface area (Å²) in [5.41, 5.74) is 4.18. The fourth-order valence-electron chi connectivity index (χ4n) is 2.54. The molecule has 0 heterocycles. The molecule has 2 aromatic rings. The van der Waals surface area contributed by atoms with Gasteiger partial charge in [-0.25, -0.2) is 0 Å². The van der Waals surface area contributed by atoms with Crippen LogP contribution in [0.4, 0.5) is 5.69 Å². The smallest absolute Gasteiger partial charge is 0.238 e. The molecular weight excluding hydrogens is 316 g/mol. The van der Waals surface area contributed by atoms with E-state index in [2.05, 4.69) is 10.6 Å². The molecule has 2 N–H and O–H groups in total. The number of amides is 1. The third-order valence-corrected chi connectivity index (χ3v) is 3.99. The summed E-state index contributed by atoms with van der Waals surface area (Å²) in [6, 6.07) is 11.9. The molecule has 134 valence electrons. The van der Waals surface area contributed by atoms with Gasteiger partial charge >= 0.3 is 0 Å². The van der Waals surface area contributed by atoms with E-state index in [1.165, 1.54) is 0 Å². The van der Waals surface area contributed by atoms with Crippen LogP contribution >= 0.6 is 0 Å². The van der Waals surface area contributed by atoms with Gasteiger partial charge in [0.15, 0.2) is 11.5 Å². The van der Waals surface area contributed by atoms with Gasteiger partial charge in [0, 0.05) is 5.69 Å². The van der Waals surface area contributed by atoms with Gasteiger partial charge < -0.3 is 20.1 Å². The Kier molecular flexibility index (Phi) is 6.83. The molecule has 0 unspecified atom stereocenters. The number of hydrogen-bond acceptors (Lipinski definition) is 4. The highest BCUT2D eigenvalue weighted by atomic mass is 16.5. The number of hydrogen-bond donors (Lipinski definition) is 2. The van der Waals surface area contributed by atoms with Gasteiger partial charge in [0.1, 0.15) is 0 Å². The zero-order valence-electron chi connectivity index (χ0n) is 15.3. The zero-order chi connectivity index (χ0) is 18.2. The second-order valence-corrected chi connectivity index (χ2v) is 5.98. The van der Waals surface area contributed by atoms with E-state index in [4.69, 9.17) is 9.47 Å². The van der Waals surface area contributed by atoms with Crippen LogP contribution in [0.3, 0.4) is 0 Å². The molecule has 0 saturated heterocycles. The molecule has 0 aliphatic carbocycles. The molecule has 5 nitrogen and oxygen atoms in total. The predicted molar refractivity (Wildman–Crippen MR) is 101 cm³/mol. The van der Waals surface area contributed by atoms with Gasteiger partial charge in [0.25, 0.3) is 0 Å². The molecule has 0 aliphatic heterocycles. The first kappa shape index (κ1) is 18.8. The van der Waals surface area contributed by atoms with Crippen LogP contribution in [0.15, 0.2) is 36.4 Å². The largest absolute Gasteiger partial charge is 0.493 e. The fourth-order valence-corrected chi connectivity index (χ4v) is 2.54. The molecule has 0 aromatic heterocycles. The van der Waals surface area contributed by atoms with E-state index in [1.54, 1.807) is 14.2 Å². The van der Waals surface area contributed by atoms with Gasteiger partial charge in [-0.3, -0.25) is 4.79 Å². The first-order chi connectivity index (χ1) is 12.0. The highest BCUT2D eigenvalue weighted by Crippen LogP contribution is 2.27. The van der Waals surface area contributed by atoms with Crippen LogP contribution in [-0.2, 0) is 11.2 Å². The van der Waals surface area contributed by atoms with E-state index in [9.17, 15) is 4.79 Å². The van der Waals surface area contributed by atoms with Gasteiger partial charge in [-0.1, -0.05) is 18.2 Å². The van der Waals surface area contributed by atoms with Crippen LogP contribution in [0, 0.1) is 13.8 Å². The Morgan fingerprint density at radius 3 is 2.48 bits per heavy atom. The maximum Gasteiger partial charge on any atom is 0.238 e. The highest BCUT2D eigenvalue weighted by molar-refractivity contribution is 5.93. The molecule has 0 fully saturated rings. The van der Waals surface area contributed by atoms with Crippen molar-refractivity contribution < 1.29 is 14.3 Å². The second kappa shape index (κ2) is 9.08. The van der Waals surface area contributed by atoms with Crippen LogP contribution in [0.2, 0.25) is 0 Å². The van der Waals surface area contributed by atoms with Crippen molar-refractivity contribution in [1.82, 2.24) is 5.32 Å². The maximum atomic E-state index is 12.1. The first-order valence-corrected chi connectivity index (χ1v) is 8.32. The number of benzene rings is 2. The molecule has 2 aromatic carbocycles. The maximum absolute atomic E-state index is 12.1. The van der Waals surface area contributed by atoms with E-state index in [0.29, 0.717) is 18.0 Å². The average molecular weight is 342 g/mol. The number of nitrogens with one attached hydrogen (secondary N) is 2. The Bertz CT molecular complexity index is 729. The quantitative estimate of drug-likeness (QED) is 0.724. The van der Waals surface area contributed by atoms with Crippen molar-refractivity contribution in [3.63, 3.8) is 0 Å². The van der Waals surface area contributed by atoms with E-state index in [1.807, 2.05) is 50.2 Å². The number of methoxy groups -OCH3 is 2. The van der Waals surface area contributed by atoms with E-state index in [-0.39, 0.29) is 12.5 Å². The summed E-state index contributed by atoms with van der Waals surface area (Å²) in [6.45, 7) is 4.98. The lowest BCUT2D eigenvalue weighted by Gasteiger charge is -2.11. The normalized spacial score (nSPS) is 10.4. The summed E-state index contributed by atoms with van der Waals surface area (Å²) >= 11 is 0. The molecule has 0 bridgehead atoms. The number of carbonyl (C=O) groups excluding carboxylic acids is 1. The van der Waals surface area contributed by atoms with Crippen LogP contribution in [0.25, 0.3) is 0 Å². The molecule has 0 spiro atoms. The molecule has 5 heteroatoms. The summed E-state index contributed by atoms with van der Waals surface area (Å²) in [5, 5.41) is 6.11. The van der Waals surface area contributed by atoms with Crippen LogP contribution < -0.4 is 20.1 Å². The minimum Gasteiger partial charge on any atom is -0.493 e. The Balaban J connectivity index is 1.79.